The first kappa shape index (κ1) is 15.0. The average molecular weight is 270 g/mol. The fourth-order valence-corrected chi connectivity index (χ4v) is 2.37. The van der Waals surface area contributed by atoms with Gasteiger partial charge in [0.15, 0.2) is 0 Å². The second-order valence-electron chi connectivity index (χ2n) is 5.70. The first-order chi connectivity index (χ1) is 9.74. The minimum atomic E-state index is 1.06. The molecule has 2 heteroatoms. The highest BCUT2D eigenvalue weighted by Crippen LogP contribution is 2.05. The number of piperazine rings is 1. The molecule has 1 aliphatic rings. The van der Waals surface area contributed by atoms with Crippen LogP contribution in [-0.2, 0) is 0 Å². The molecule has 0 aliphatic carbocycles. The smallest absolute Gasteiger partial charge is 0.0167 e. The van der Waals surface area contributed by atoms with Gasteiger partial charge in [-0.15, -0.1) is 0 Å². The van der Waals surface area contributed by atoms with Gasteiger partial charge in [0.05, 0.1) is 0 Å². The molecule has 2 rings (SSSR count). The van der Waals surface area contributed by atoms with Crippen molar-refractivity contribution < 1.29 is 0 Å². The predicted molar refractivity (Wildman–Crippen MR) is 87.8 cm³/mol. The third-order valence-electron chi connectivity index (χ3n) is 3.70. The monoisotopic (exact) mass is 270 g/mol. The summed E-state index contributed by atoms with van der Waals surface area (Å²) in [5, 5.41) is 0. The third-order valence-corrected chi connectivity index (χ3v) is 3.70. The first-order valence-electron chi connectivity index (χ1n) is 7.54. The Hall–Kier alpha value is -1.38. The molecule has 1 aromatic rings. The molecule has 0 radical (unpaired) electrons. The van der Waals surface area contributed by atoms with Crippen LogP contribution < -0.4 is 0 Å². The van der Waals surface area contributed by atoms with Crippen molar-refractivity contribution in [1.82, 2.24) is 9.80 Å². The van der Waals surface area contributed by atoms with Gasteiger partial charge in [-0.05, 0) is 19.4 Å². The van der Waals surface area contributed by atoms with Crippen molar-refractivity contribution in [2.45, 2.75) is 13.8 Å². The van der Waals surface area contributed by atoms with E-state index < -0.39 is 0 Å². The van der Waals surface area contributed by atoms with Gasteiger partial charge in [-0.3, -0.25) is 9.80 Å². The van der Waals surface area contributed by atoms with Crippen LogP contribution in [0.25, 0.3) is 6.08 Å². The second-order valence-corrected chi connectivity index (χ2v) is 5.70. The van der Waals surface area contributed by atoms with Gasteiger partial charge in [-0.1, -0.05) is 54.1 Å². The number of benzene rings is 1. The molecule has 0 atom stereocenters. The van der Waals surface area contributed by atoms with Gasteiger partial charge in [0.25, 0.3) is 0 Å². The second kappa shape index (κ2) is 8.03. The molecule has 108 valence electrons. The highest BCUT2D eigenvalue weighted by atomic mass is 15.3. The molecule has 1 fully saturated rings. The van der Waals surface area contributed by atoms with E-state index in [0.29, 0.717) is 0 Å². The van der Waals surface area contributed by atoms with Crippen LogP contribution in [0.5, 0.6) is 0 Å². The van der Waals surface area contributed by atoms with Crippen LogP contribution in [0.4, 0.5) is 0 Å². The lowest BCUT2D eigenvalue weighted by atomic mass is 10.2. The Morgan fingerprint density at radius 1 is 0.950 bits per heavy atom. The summed E-state index contributed by atoms with van der Waals surface area (Å²) in [6.45, 7) is 11.2. The van der Waals surface area contributed by atoms with E-state index in [-0.39, 0.29) is 0 Å². The van der Waals surface area contributed by atoms with Gasteiger partial charge < -0.3 is 0 Å². The van der Waals surface area contributed by atoms with E-state index in [4.69, 9.17) is 0 Å². The average Bonchev–Trinajstić information content (AvgIpc) is 2.47. The molecule has 1 aliphatic heterocycles. The van der Waals surface area contributed by atoms with Gasteiger partial charge >= 0.3 is 0 Å². The van der Waals surface area contributed by atoms with Crippen LogP contribution in [-0.4, -0.2) is 49.1 Å². The fraction of sp³-hybridized carbons (Fsp3) is 0.444. The summed E-state index contributed by atoms with van der Waals surface area (Å²) in [7, 11) is 0. The zero-order valence-corrected chi connectivity index (χ0v) is 12.8. The molecule has 0 amide bonds. The summed E-state index contributed by atoms with van der Waals surface area (Å²) in [5.41, 5.74) is 2.70. The van der Waals surface area contributed by atoms with Crippen molar-refractivity contribution in [3.05, 3.63) is 53.6 Å². The first-order valence-corrected chi connectivity index (χ1v) is 7.54. The quantitative estimate of drug-likeness (QED) is 0.758. The fourth-order valence-electron chi connectivity index (χ4n) is 2.37. The van der Waals surface area contributed by atoms with Crippen molar-refractivity contribution in [2.24, 2.45) is 0 Å². The molecule has 0 aromatic heterocycles. The van der Waals surface area contributed by atoms with Crippen molar-refractivity contribution >= 4 is 6.08 Å². The van der Waals surface area contributed by atoms with Crippen LogP contribution in [0.3, 0.4) is 0 Å². The summed E-state index contributed by atoms with van der Waals surface area (Å²) >= 11 is 0. The highest BCUT2D eigenvalue weighted by molar-refractivity contribution is 5.48. The third kappa shape index (κ3) is 5.32. The lowest BCUT2D eigenvalue weighted by Gasteiger charge is -2.33. The van der Waals surface area contributed by atoms with Crippen LogP contribution in [0, 0.1) is 0 Å². The van der Waals surface area contributed by atoms with Crippen LogP contribution in [0.2, 0.25) is 0 Å². The van der Waals surface area contributed by atoms with Crippen molar-refractivity contribution in [2.75, 3.05) is 39.3 Å². The van der Waals surface area contributed by atoms with E-state index in [0.717, 1.165) is 13.1 Å². The maximum absolute atomic E-state index is 2.53. The van der Waals surface area contributed by atoms with Gasteiger partial charge in [0, 0.05) is 39.3 Å². The maximum Gasteiger partial charge on any atom is 0.0167 e. The summed E-state index contributed by atoms with van der Waals surface area (Å²) in [6.07, 6.45) is 6.82. The molecular formula is C18H26N2. The minimum Gasteiger partial charge on any atom is -0.297 e. The summed E-state index contributed by atoms with van der Waals surface area (Å²) in [6, 6.07) is 10.5. The Labute approximate surface area is 123 Å². The van der Waals surface area contributed by atoms with Crippen LogP contribution in [0.15, 0.2) is 48.1 Å². The Morgan fingerprint density at radius 2 is 1.55 bits per heavy atom. The largest absolute Gasteiger partial charge is 0.297 e. The predicted octanol–water partition coefficient (Wildman–Crippen LogP) is 3.28. The normalized spacial score (nSPS) is 17.5. The zero-order chi connectivity index (χ0) is 14.2. The van der Waals surface area contributed by atoms with Crippen LogP contribution >= 0.6 is 0 Å². The SMILES string of the molecule is CC(C)=CCN1CCN(C/C=C/c2ccccc2)CC1. The number of nitrogens with zero attached hydrogens (tertiary/aromatic N) is 2. The topological polar surface area (TPSA) is 6.48 Å². The molecule has 1 heterocycles. The molecule has 1 aromatic carbocycles. The Morgan fingerprint density at radius 3 is 2.15 bits per heavy atom. The summed E-state index contributed by atoms with van der Waals surface area (Å²) in [4.78, 5) is 5.06. The lowest BCUT2D eigenvalue weighted by Crippen LogP contribution is -2.46. The Kier molecular flexibility index (Phi) is 6.03. The molecule has 0 N–H and O–H groups in total. The minimum absolute atomic E-state index is 1.06. The molecular weight excluding hydrogens is 244 g/mol. The molecule has 1 saturated heterocycles. The summed E-state index contributed by atoms with van der Waals surface area (Å²) < 4.78 is 0. The Bertz CT molecular complexity index is 436. The number of hydrogen-bond acceptors (Lipinski definition) is 2. The van der Waals surface area contributed by atoms with E-state index in [9.17, 15) is 0 Å². The van der Waals surface area contributed by atoms with Crippen molar-refractivity contribution in [1.29, 1.82) is 0 Å². The number of hydrogen-bond donors (Lipinski definition) is 0. The standard InChI is InChI=1S/C18H26N2/c1-17(2)10-12-20-15-13-19(14-16-20)11-6-9-18-7-4-3-5-8-18/h3-10H,11-16H2,1-2H3/b9-6+. The highest BCUT2D eigenvalue weighted by Gasteiger charge is 2.14. The van der Waals surface area contributed by atoms with E-state index >= 15 is 0 Å². The van der Waals surface area contributed by atoms with E-state index in [1.807, 2.05) is 0 Å². The lowest BCUT2D eigenvalue weighted by molar-refractivity contribution is 0.154. The molecule has 0 unspecified atom stereocenters. The number of rotatable bonds is 5. The van der Waals surface area contributed by atoms with E-state index in [2.05, 4.69) is 72.2 Å². The van der Waals surface area contributed by atoms with E-state index in [1.54, 1.807) is 0 Å². The van der Waals surface area contributed by atoms with Gasteiger partial charge in [0.1, 0.15) is 0 Å². The molecule has 0 saturated carbocycles. The zero-order valence-electron chi connectivity index (χ0n) is 12.8. The van der Waals surface area contributed by atoms with Gasteiger partial charge in [-0.2, -0.15) is 0 Å². The molecule has 2 nitrogen and oxygen atoms in total. The Balaban J connectivity index is 1.69. The van der Waals surface area contributed by atoms with E-state index in [1.165, 1.54) is 37.3 Å². The molecule has 0 spiro atoms. The van der Waals surface area contributed by atoms with Crippen molar-refractivity contribution in [3.8, 4) is 0 Å². The van der Waals surface area contributed by atoms with Gasteiger partial charge in [-0.25, -0.2) is 0 Å². The van der Waals surface area contributed by atoms with Crippen molar-refractivity contribution in [3.63, 3.8) is 0 Å². The van der Waals surface area contributed by atoms with Gasteiger partial charge in [0.2, 0.25) is 0 Å². The molecule has 0 bridgehead atoms. The summed E-state index contributed by atoms with van der Waals surface area (Å²) in [5.74, 6) is 0. The number of allylic oxidation sites excluding steroid dienone is 1. The molecule has 20 heavy (non-hydrogen) atoms. The maximum atomic E-state index is 2.53. The van der Waals surface area contributed by atoms with Crippen LogP contribution in [0.1, 0.15) is 19.4 Å².